The number of morpholine rings is 1. The van der Waals surface area contributed by atoms with Gasteiger partial charge in [0.25, 0.3) is 0 Å². The first-order valence-corrected chi connectivity index (χ1v) is 6.43. The van der Waals surface area contributed by atoms with Gasteiger partial charge < -0.3 is 9.26 Å². The monoisotopic (exact) mass is 246 g/mol. The number of fused-ring (bicyclic) bond motifs is 1. The standard InChI is InChI=1S/C14H18N2O2/c1-10-7-16(8-11(2)17-10)9-13-12-5-3-4-6-14(12)18-15-13/h3-6,10-11H,7-9H2,1-2H3. The molecule has 1 saturated heterocycles. The van der Waals surface area contributed by atoms with Crippen molar-refractivity contribution >= 4 is 11.0 Å². The van der Waals surface area contributed by atoms with Gasteiger partial charge in [0, 0.05) is 25.0 Å². The molecule has 2 atom stereocenters. The molecule has 1 fully saturated rings. The van der Waals surface area contributed by atoms with Gasteiger partial charge in [-0.25, -0.2) is 0 Å². The number of hydrogen-bond acceptors (Lipinski definition) is 4. The molecule has 18 heavy (non-hydrogen) atoms. The first-order valence-electron chi connectivity index (χ1n) is 6.43. The summed E-state index contributed by atoms with van der Waals surface area (Å²) in [6.07, 6.45) is 0.568. The van der Waals surface area contributed by atoms with Gasteiger partial charge in [0.1, 0.15) is 5.69 Å². The van der Waals surface area contributed by atoms with Crippen molar-refractivity contribution in [1.82, 2.24) is 10.1 Å². The Morgan fingerprint density at radius 1 is 1.22 bits per heavy atom. The van der Waals surface area contributed by atoms with E-state index in [9.17, 15) is 0 Å². The van der Waals surface area contributed by atoms with E-state index >= 15 is 0 Å². The maximum atomic E-state index is 5.74. The van der Waals surface area contributed by atoms with Crippen molar-refractivity contribution in [3.63, 3.8) is 0 Å². The van der Waals surface area contributed by atoms with Crippen LogP contribution in [0.1, 0.15) is 19.5 Å². The lowest BCUT2D eigenvalue weighted by molar-refractivity contribution is -0.0708. The first kappa shape index (κ1) is 11.7. The Balaban J connectivity index is 1.79. The van der Waals surface area contributed by atoms with Crippen LogP contribution in [0.2, 0.25) is 0 Å². The predicted molar refractivity (Wildman–Crippen MR) is 69.3 cm³/mol. The van der Waals surface area contributed by atoms with Gasteiger partial charge in [-0.2, -0.15) is 0 Å². The van der Waals surface area contributed by atoms with Crippen molar-refractivity contribution in [3.05, 3.63) is 30.0 Å². The van der Waals surface area contributed by atoms with E-state index in [-0.39, 0.29) is 12.2 Å². The fraction of sp³-hybridized carbons (Fsp3) is 0.500. The Bertz CT molecular complexity index is 527. The van der Waals surface area contributed by atoms with Gasteiger partial charge in [-0.3, -0.25) is 4.90 Å². The maximum absolute atomic E-state index is 5.74. The first-order chi connectivity index (χ1) is 8.72. The van der Waals surface area contributed by atoms with Gasteiger partial charge in [-0.05, 0) is 26.0 Å². The molecule has 0 saturated carbocycles. The molecule has 1 aromatic heterocycles. The van der Waals surface area contributed by atoms with Crippen LogP contribution in [0.15, 0.2) is 28.8 Å². The molecular formula is C14H18N2O2. The molecule has 2 heterocycles. The average Bonchev–Trinajstić information content (AvgIpc) is 2.72. The zero-order valence-electron chi connectivity index (χ0n) is 10.8. The summed E-state index contributed by atoms with van der Waals surface area (Å²) < 4.78 is 11.1. The molecule has 0 aliphatic carbocycles. The second-order valence-electron chi connectivity index (χ2n) is 5.08. The quantitative estimate of drug-likeness (QED) is 0.815. The van der Waals surface area contributed by atoms with E-state index < -0.39 is 0 Å². The molecule has 4 heteroatoms. The van der Waals surface area contributed by atoms with Crippen LogP contribution in [-0.4, -0.2) is 35.4 Å². The lowest BCUT2D eigenvalue weighted by Gasteiger charge is -2.34. The number of hydrogen-bond donors (Lipinski definition) is 0. The van der Waals surface area contributed by atoms with Crippen molar-refractivity contribution < 1.29 is 9.26 Å². The van der Waals surface area contributed by atoms with Crippen LogP contribution in [0.3, 0.4) is 0 Å². The summed E-state index contributed by atoms with van der Waals surface area (Å²) >= 11 is 0. The fourth-order valence-electron chi connectivity index (χ4n) is 2.68. The van der Waals surface area contributed by atoms with Crippen LogP contribution in [0.5, 0.6) is 0 Å². The van der Waals surface area contributed by atoms with Crippen LogP contribution in [0.4, 0.5) is 0 Å². The SMILES string of the molecule is CC1CN(Cc2noc3ccccc23)CC(C)O1. The number of ether oxygens (including phenoxy) is 1. The van der Waals surface area contributed by atoms with Crippen molar-refractivity contribution in [1.29, 1.82) is 0 Å². The average molecular weight is 246 g/mol. The highest BCUT2D eigenvalue weighted by Crippen LogP contribution is 2.21. The molecule has 0 bridgehead atoms. The molecule has 2 aromatic rings. The molecule has 0 spiro atoms. The van der Waals surface area contributed by atoms with Crippen LogP contribution in [0, 0.1) is 0 Å². The van der Waals surface area contributed by atoms with Crippen molar-refractivity contribution in [2.24, 2.45) is 0 Å². The van der Waals surface area contributed by atoms with E-state index in [2.05, 4.69) is 30.0 Å². The topological polar surface area (TPSA) is 38.5 Å². The Morgan fingerprint density at radius 2 is 1.94 bits per heavy atom. The summed E-state index contributed by atoms with van der Waals surface area (Å²) in [5, 5.41) is 5.30. The molecule has 1 aliphatic heterocycles. The minimum atomic E-state index is 0.284. The summed E-state index contributed by atoms with van der Waals surface area (Å²) in [5.74, 6) is 0. The number of benzene rings is 1. The minimum Gasteiger partial charge on any atom is -0.373 e. The van der Waals surface area contributed by atoms with Gasteiger partial charge in [0.15, 0.2) is 5.58 Å². The number of rotatable bonds is 2. The second-order valence-corrected chi connectivity index (χ2v) is 5.08. The van der Waals surface area contributed by atoms with E-state index in [4.69, 9.17) is 9.26 Å². The van der Waals surface area contributed by atoms with Gasteiger partial charge in [-0.15, -0.1) is 0 Å². The largest absolute Gasteiger partial charge is 0.373 e. The van der Waals surface area contributed by atoms with Gasteiger partial charge in [0.2, 0.25) is 0 Å². The summed E-state index contributed by atoms with van der Waals surface area (Å²) in [7, 11) is 0. The molecule has 96 valence electrons. The van der Waals surface area contributed by atoms with Crippen LogP contribution in [0.25, 0.3) is 11.0 Å². The van der Waals surface area contributed by atoms with Crippen molar-refractivity contribution in [3.8, 4) is 0 Å². The molecule has 0 N–H and O–H groups in total. The summed E-state index contributed by atoms with van der Waals surface area (Å²) in [6.45, 7) is 6.96. The Labute approximate surface area is 107 Å². The molecule has 0 amide bonds. The van der Waals surface area contributed by atoms with E-state index in [1.165, 1.54) is 0 Å². The van der Waals surface area contributed by atoms with Crippen LogP contribution >= 0.6 is 0 Å². The van der Waals surface area contributed by atoms with E-state index in [1.54, 1.807) is 0 Å². The highest BCUT2D eigenvalue weighted by molar-refractivity contribution is 5.79. The zero-order valence-corrected chi connectivity index (χ0v) is 10.8. The normalized spacial score (nSPS) is 25.7. The number of para-hydroxylation sites is 1. The van der Waals surface area contributed by atoms with Crippen molar-refractivity contribution in [2.75, 3.05) is 13.1 Å². The Hall–Kier alpha value is -1.39. The smallest absolute Gasteiger partial charge is 0.167 e. The molecule has 0 radical (unpaired) electrons. The molecule has 1 aliphatic rings. The van der Waals surface area contributed by atoms with Gasteiger partial charge in [-0.1, -0.05) is 17.3 Å². The molecule has 1 aromatic carbocycles. The Morgan fingerprint density at radius 3 is 2.72 bits per heavy atom. The number of nitrogens with zero attached hydrogens (tertiary/aromatic N) is 2. The molecule has 4 nitrogen and oxygen atoms in total. The minimum absolute atomic E-state index is 0.284. The Kier molecular flexibility index (Phi) is 3.06. The lowest BCUT2D eigenvalue weighted by Crippen LogP contribution is -2.44. The van der Waals surface area contributed by atoms with E-state index in [0.29, 0.717) is 0 Å². The van der Waals surface area contributed by atoms with Crippen LogP contribution < -0.4 is 0 Å². The lowest BCUT2D eigenvalue weighted by atomic mass is 10.2. The second kappa shape index (κ2) is 4.71. The molecule has 2 unspecified atom stereocenters. The van der Waals surface area contributed by atoms with Gasteiger partial charge >= 0.3 is 0 Å². The third-order valence-electron chi connectivity index (χ3n) is 3.32. The van der Waals surface area contributed by atoms with E-state index in [0.717, 1.165) is 36.3 Å². The highest BCUT2D eigenvalue weighted by atomic mass is 16.5. The third-order valence-corrected chi connectivity index (χ3v) is 3.32. The maximum Gasteiger partial charge on any atom is 0.167 e. The van der Waals surface area contributed by atoms with E-state index in [1.807, 2.05) is 18.2 Å². The van der Waals surface area contributed by atoms with Crippen LogP contribution in [-0.2, 0) is 11.3 Å². The predicted octanol–water partition coefficient (Wildman–Crippen LogP) is 2.44. The highest BCUT2D eigenvalue weighted by Gasteiger charge is 2.23. The fourth-order valence-corrected chi connectivity index (χ4v) is 2.68. The summed E-state index contributed by atoms with van der Waals surface area (Å²) in [4.78, 5) is 2.38. The molecular weight excluding hydrogens is 228 g/mol. The van der Waals surface area contributed by atoms with Crippen molar-refractivity contribution in [2.45, 2.75) is 32.6 Å². The third kappa shape index (κ3) is 2.26. The summed E-state index contributed by atoms with van der Waals surface area (Å²) in [6, 6.07) is 8.01. The summed E-state index contributed by atoms with van der Waals surface area (Å²) in [5.41, 5.74) is 1.88. The zero-order chi connectivity index (χ0) is 12.5. The number of aromatic nitrogens is 1. The molecule has 3 rings (SSSR count). The van der Waals surface area contributed by atoms with Gasteiger partial charge in [0.05, 0.1) is 12.2 Å².